The SMILES string of the molecule is Cc1ccccc1NC(=O)COc1ccccc1[C@@H]1c2sc(=O)[nH]c2S[C@H]2C(=O)N(c3ccccc3C(F)(F)F)C(=O)[C@@H]12. The van der Waals surface area contributed by atoms with Crippen LogP contribution in [0.25, 0.3) is 0 Å². The number of benzene rings is 3. The van der Waals surface area contributed by atoms with E-state index >= 15 is 0 Å². The minimum atomic E-state index is -4.80. The van der Waals surface area contributed by atoms with Crippen LogP contribution in [-0.4, -0.2) is 34.6 Å². The number of rotatable bonds is 6. The predicted molar refractivity (Wildman–Crippen MR) is 156 cm³/mol. The Kier molecular flexibility index (Phi) is 7.38. The number of fused-ring (bicyclic) bond motifs is 2. The first-order valence-electron chi connectivity index (χ1n) is 13.1. The number of hydrogen-bond acceptors (Lipinski definition) is 7. The van der Waals surface area contributed by atoms with E-state index in [9.17, 15) is 32.3 Å². The van der Waals surface area contributed by atoms with E-state index < -0.39 is 57.1 Å². The zero-order valence-electron chi connectivity index (χ0n) is 22.3. The van der Waals surface area contributed by atoms with Crippen LogP contribution in [-0.2, 0) is 20.6 Å². The number of thioether (sulfide) groups is 1. The highest BCUT2D eigenvalue weighted by atomic mass is 32.2. The van der Waals surface area contributed by atoms with Crippen LogP contribution in [0.3, 0.4) is 0 Å². The molecule has 2 N–H and O–H groups in total. The van der Waals surface area contributed by atoms with E-state index in [4.69, 9.17) is 4.74 Å². The number of alkyl halides is 3. The standard InChI is InChI=1S/C30H22F3N3O5S2/c1-15-8-2-5-11-18(15)34-21(37)14-41-20-13-7-3-9-16(20)22-23-25(42-26-24(22)43-29(40)35-26)28(39)36(27(23)38)19-12-6-4-10-17(19)30(31,32)33/h2-13,22-23,25H,14H2,1H3,(H,34,37)(H,35,40)/t22-,23-,25+/m0/s1. The van der Waals surface area contributed by atoms with Crippen LogP contribution in [0.15, 0.2) is 82.6 Å². The molecule has 4 aromatic rings. The number of aromatic amines is 1. The number of ether oxygens (including phenoxy) is 1. The first-order chi connectivity index (χ1) is 20.5. The van der Waals surface area contributed by atoms with Gasteiger partial charge in [0.1, 0.15) is 11.0 Å². The van der Waals surface area contributed by atoms with Crippen molar-refractivity contribution in [2.24, 2.45) is 5.92 Å². The number of aromatic nitrogens is 1. The highest BCUT2D eigenvalue weighted by molar-refractivity contribution is 8.00. The highest BCUT2D eigenvalue weighted by Gasteiger charge is 2.57. The lowest BCUT2D eigenvalue weighted by molar-refractivity contribution is -0.137. The molecule has 1 fully saturated rings. The third-order valence-electron chi connectivity index (χ3n) is 7.31. The highest BCUT2D eigenvalue weighted by Crippen LogP contribution is 2.55. The minimum Gasteiger partial charge on any atom is -0.483 e. The number of amides is 3. The normalized spacial score (nSPS) is 19.6. The van der Waals surface area contributed by atoms with Gasteiger partial charge in [0.2, 0.25) is 11.8 Å². The van der Waals surface area contributed by atoms with Crippen LogP contribution in [0.5, 0.6) is 5.75 Å². The molecule has 0 aliphatic carbocycles. The Morgan fingerprint density at radius 3 is 2.44 bits per heavy atom. The molecule has 2 aliphatic heterocycles. The molecule has 220 valence electrons. The lowest BCUT2D eigenvalue weighted by Gasteiger charge is -2.30. The molecule has 8 nitrogen and oxygen atoms in total. The number of hydrogen-bond donors (Lipinski definition) is 2. The van der Waals surface area contributed by atoms with Crippen LogP contribution in [0.4, 0.5) is 24.5 Å². The number of aryl methyl sites for hydroxylation is 1. The summed E-state index contributed by atoms with van der Waals surface area (Å²) >= 11 is 1.81. The Morgan fingerprint density at radius 2 is 1.67 bits per heavy atom. The van der Waals surface area contributed by atoms with Gasteiger partial charge < -0.3 is 15.0 Å². The molecule has 0 saturated carbocycles. The molecule has 1 saturated heterocycles. The fourth-order valence-corrected chi connectivity index (χ4v) is 7.92. The molecular formula is C30H22F3N3O5S2. The van der Waals surface area contributed by atoms with Crippen molar-refractivity contribution < 1.29 is 32.3 Å². The second-order valence-corrected chi connectivity index (χ2v) is 12.1. The van der Waals surface area contributed by atoms with Crippen LogP contribution >= 0.6 is 23.1 Å². The second-order valence-electron chi connectivity index (χ2n) is 9.97. The quantitative estimate of drug-likeness (QED) is 0.271. The van der Waals surface area contributed by atoms with Crippen molar-refractivity contribution in [3.8, 4) is 5.75 Å². The van der Waals surface area contributed by atoms with E-state index in [1.54, 1.807) is 36.4 Å². The number of halogens is 3. The predicted octanol–water partition coefficient (Wildman–Crippen LogP) is 5.58. The number of carbonyl (C=O) groups is 3. The smallest absolute Gasteiger partial charge is 0.418 e. The number of nitrogens with one attached hydrogen (secondary N) is 2. The maximum atomic E-state index is 14.0. The summed E-state index contributed by atoms with van der Waals surface area (Å²) in [5.74, 6) is -3.86. The maximum absolute atomic E-state index is 14.0. The minimum absolute atomic E-state index is 0.235. The third-order valence-corrected chi connectivity index (χ3v) is 9.71. The molecule has 13 heteroatoms. The topological polar surface area (TPSA) is 109 Å². The number of para-hydroxylation sites is 3. The number of nitrogens with zero attached hydrogens (tertiary/aromatic N) is 1. The zero-order valence-corrected chi connectivity index (χ0v) is 23.9. The van der Waals surface area contributed by atoms with Gasteiger partial charge in [0.05, 0.1) is 22.2 Å². The van der Waals surface area contributed by atoms with E-state index in [1.165, 1.54) is 12.1 Å². The first-order valence-corrected chi connectivity index (χ1v) is 14.7. The van der Waals surface area contributed by atoms with E-state index in [1.807, 2.05) is 19.1 Å². The molecular weight excluding hydrogens is 603 g/mol. The Labute approximate surface area is 250 Å². The summed E-state index contributed by atoms with van der Waals surface area (Å²) in [6.07, 6.45) is -4.80. The molecule has 1 aromatic heterocycles. The molecule has 0 bridgehead atoms. The van der Waals surface area contributed by atoms with Crippen molar-refractivity contribution in [3.63, 3.8) is 0 Å². The van der Waals surface area contributed by atoms with Crippen molar-refractivity contribution in [2.45, 2.75) is 29.3 Å². The van der Waals surface area contributed by atoms with Crippen LogP contribution < -0.4 is 19.8 Å². The van der Waals surface area contributed by atoms with E-state index in [2.05, 4.69) is 10.3 Å². The van der Waals surface area contributed by atoms with Gasteiger partial charge >= 0.3 is 11.0 Å². The molecule has 3 heterocycles. The Morgan fingerprint density at radius 1 is 0.977 bits per heavy atom. The summed E-state index contributed by atoms with van der Waals surface area (Å²) in [5, 5.41) is 2.04. The van der Waals surface area contributed by atoms with Gasteiger partial charge in [-0.05, 0) is 36.8 Å². The number of imide groups is 1. The maximum Gasteiger partial charge on any atom is 0.418 e. The first kappa shape index (κ1) is 28.7. The van der Waals surface area contributed by atoms with Gasteiger partial charge in [-0.2, -0.15) is 13.2 Å². The largest absolute Gasteiger partial charge is 0.483 e. The summed E-state index contributed by atoms with van der Waals surface area (Å²) in [6, 6.07) is 18.3. The lowest BCUT2D eigenvalue weighted by Crippen LogP contribution is -2.33. The summed E-state index contributed by atoms with van der Waals surface area (Å²) in [4.78, 5) is 56.2. The van der Waals surface area contributed by atoms with Gasteiger partial charge in [0, 0.05) is 22.0 Å². The number of carbonyl (C=O) groups excluding carboxylic acids is 3. The van der Waals surface area contributed by atoms with Crippen LogP contribution in [0.1, 0.15) is 27.5 Å². The van der Waals surface area contributed by atoms with Gasteiger partial charge in [0.25, 0.3) is 5.91 Å². The summed E-state index contributed by atoms with van der Waals surface area (Å²) in [7, 11) is 0. The molecule has 0 unspecified atom stereocenters. The molecule has 0 radical (unpaired) electrons. The van der Waals surface area contributed by atoms with Crippen LogP contribution in [0.2, 0.25) is 0 Å². The molecule has 0 spiro atoms. The van der Waals surface area contributed by atoms with Crippen molar-refractivity contribution in [1.29, 1.82) is 0 Å². The van der Waals surface area contributed by atoms with Gasteiger partial charge in [-0.3, -0.25) is 19.2 Å². The Bertz CT molecular complexity index is 1820. The van der Waals surface area contributed by atoms with Gasteiger partial charge in [-0.1, -0.05) is 71.6 Å². The molecule has 2 aliphatic rings. The fraction of sp³-hybridized carbons (Fsp3) is 0.200. The third kappa shape index (κ3) is 5.23. The van der Waals surface area contributed by atoms with Gasteiger partial charge in [-0.25, -0.2) is 4.90 Å². The monoisotopic (exact) mass is 625 g/mol. The average Bonchev–Trinajstić information content (AvgIpc) is 3.47. The van der Waals surface area contributed by atoms with E-state index in [-0.39, 0.29) is 12.4 Å². The Balaban J connectivity index is 1.37. The molecule has 3 aromatic carbocycles. The number of anilines is 2. The van der Waals surface area contributed by atoms with Crippen molar-refractivity contribution >= 4 is 52.2 Å². The van der Waals surface area contributed by atoms with Gasteiger partial charge in [0.15, 0.2) is 6.61 Å². The second kappa shape index (κ2) is 11.0. The molecule has 3 atom stereocenters. The molecule has 3 amide bonds. The molecule has 6 rings (SSSR count). The fourth-order valence-electron chi connectivity index (χ4n) is 5.41. The van der Waals surface area contributed by atoms with Crippen molar-refractivity contribution in [2.75, 3.05) is 16.8 Å². The summed E-state index contributed by atoms with van der Waals surface area (Å²) < 4.78 is 47.6. The average molecular weight is 626 g/mol. The zero-order chi connectivity index (χ0) is 30.5. The van der Waals surface area contributed by atoms with Crippen molar-refractivity contribution in [1.82, 2.24) is 4.98 Å². The number of thiazole rings is 1. The van der Waals surface area contributed by atoms with E-state index in [0.717, 1.165) is 40.8 Å². The lowest BCUT2D eigenvalue weighted by atomic mass is 9.82. The van der Waals surface area contributed by atoms with Crippen LogP contribution in [0, 0.1) is 12.8 Å². The van der Waals surface area contributed by atoms with Crippen molar-refractivity contribution in [3.05, 3.63) is 104 Å². The summed E-state index contributed by atoms with van der Waals surface area (Å²) in [6.45, 7) is 1.47. The number of H-pyrrole nitrogens is 1. The molecule has 43 heavy (non-hydrogen) atoms. The summed E-state index contributed by atoms with van der Waals surface area (Å²) in [5.41, 5.74) is 0.243. The van der Waals surface area contributed by atoms with Gasteiger partial charge in [-0.15, -0.1) is 0 Å². The Hall–Kier alpha value is -4.36. The van der Waals surface area contributed by atoms with E-state index in [0.29, 0.717) is 26.1 Å².